The Morgan fingerprint density at radius 3 is 2.61 bits per heavy atom. The molecule has 1 atom stereocenters. The van der Waals surface area contributed by atoms with Crippen molar-refractivity contribution in [3.8, 4) is 5.75 Å². The second-order valence-electron chi connectivity index (χ2n) is 7.73. The van der Waals surface area contributed by atoms with Crippen LogP contribution in [-0.2, 0) is 24.2 Å². The van der Waals surface area contributed by atoms with Gasteiger partial charge in [-0.1, -0.05) is 35.3 Å². The van der Waals surface area contributed by atoms with E-state index in [0.717, 1.165) is 43.7 Å². The van der Waals surface area contributed by atoms with Crippen molar-refractivity contribution in [3.05, 3.63) is 63.1 Å². The molecule has 4 nitrogen and oxygen atoms in total. The average Bonchev–Trinajstić information content (AvgIpc) is 2.63. The lowest BCUT2D eigenvalue weighted by molar-refractivity contribution is -0.139. The number of carbonyl (C=O) groups is 1. The summed E-state index contributed by atoms with van der Waals surface area (Å²) in [5.41, 5.74) is 3.50. The van der Waals surface area contributed by atoms with E-state index >= 15 is 0 Å². The minimum absolute atomic E-state index is 0.288. The Labute approximate surface area is 175 Å². The highest BCUT2D eigenvalue weighted by molar-refractivity contribution is 6.35. The number of carboxylic acids is 1. The minimum Gasteiger partial charge on any atom is -0.489 e. The molecule has 1 heterocycles. The molecule has 0 spiro atoms. The summed E-state index contributed by atoms with van der Waals surface area (Å²) >= 11 is 12.4. The van der Waals surface area contributed by atoms with Crippen LogP contribution in [0.2, 0.25) is 10.0 Å². The van der Waals surface area contributed by atoms with E-state index in [-0.39, 0.29) is 6.42 Å². The van der Waals surface area contributed by atoms with E-state index in [4.69, 9.17) is 33.0 Å². The Morgan fingerprint density at radius 1 is 1.14 bits per heavy atom. The van der Waals surface area contributed by atoms with E-state index in [1.54, 1.807) is 0 Å². The molecule has 28 heavy (non-hydrogen) atoms. The molecule has 0 saturated carbocycles. The summed E-state index contributed by atoms with van der Waals surface area (Å²) < 4.78 is 5.94. The van der Waals surface area contributed by atoms with E-state index < -0.39 is 5.97 Å². The van der Waals surface area contributed by atoms with Crippen LogP contribution in [0, 0.1) is 5.92 Å². The van der Waals surface area contributed by atoms with Crippen LogP contribution in [0.15, 0.2) is 36.4 Å². The standard InChI is InChI=1S/C22H23Cl2NO3/c23-20-2-1-3-21(24)19(20)13-28-18-7-5-15-9-17(6-4-16(15)10-18)25-11-14(12-25)8-22(26)27/h1-3,5,7,10,14,17H,4,6,8-9,11-13H2,(H,26,27). The summed E-state index contributed by atoms with van der Waals surface area (Å²) in [6.07, 6.45) is 3.43. The van der Waals surface area contributed by atoms with Crippen LogP contribution in [0.4, 0.5) is 0 Å². The molecule has 0 aromatic heterocycles. The molecule has 1 saturated heterocycles. The van der Waals surface area contributed by atoms with Gasteiger partial charge in [0.15, 0.2) is 0 Å². The van der Waals surface area contributed by atoms with Crippen molar-refractivity contribution >= 4 is 29.2 Å². The number of aliphatic carboxylic acids is 1. The summed E-state index contributed by atoms with van der Waals surface area (Å²) in [7, 11) is 0. The van der Waals surface area contributed by atoms with Gasteiger partial charge in [0.1, 0.15) is 12.4 Å². The van der Waals surface area contributed by atoms with Gasteiger partial charge in [-0.2, -0.15) is 0 Å². The molecule has 1 fully saturated rings. The van der Waals surface area contributed by atoms with Crippen LogP contribution in [0.1, 0.15) is 29.5 Å². The number of benzene rings is 2. The molecule has 2 aromatic rings. The first-order valence-corrected chi connectivity index (χ1v) is 10.4. The minimum atomic E-state index is -0.691. The smallest absolute Gasteiger partial charge is 0.303 e. The Morgan fingerprint density at radius 2 is 1.89 bits per heavy atom. The summed E-state index contributed by atoms with van der Waals surface area (Å²) in [6.45, 7) is 2.16. The van der Waals surface area contributed by atoms with Gasteiger partial charge in [0.25, 0.3) is 0 Å². The molecule has 0 radical (unpaired) electrons. The summed E-state index contributed by atoms with van der Waals surface area (Å²) in [5, 5.41) is 10.1. The normalized spacial score (nSPS) is 19.7. The van der Waals surface area contributed by atoms with Gasteiger partial charge in [-0.15, -0.1) is 0 Å². The van der Waals surface area contributed by atoms with Crippen molar-refractivity contribution in [1.82, 2.24) is 4.90 Å². The average molecular weight is 420 g/mol. The molecule has 1 unspecified atom stereocenters. The molecule has 0 bridgehead atoms. The maximum atomic E-state index is 10.8. The molecule has 2 aromatic carbocycles. The van der Waals surface area contributed by atoms with Crippen LogP contribution in [0.3, 0.4) is 0 Å². The highest BCUT2D eigenvalue weighted by Gasteiger charge is 2.34. The first-order valence-electron chi connectivity index (χ1n) is 9.63. The molecular weight excluding hydrogens is 397 g/mol. The number of rotatable bonds is 6. The SMILES string of the molecule is O=C(O)CC1CN(C2CCc3cc(OCc4c(Cl)cccc4Cl)ccc3C2)C1. The second-order valence-corrected chi connectivity index (χ2v) is 8.55. The van der Waals surface area contributed by atoms with Crippen LogP contribution < -0.4 is 4.74 Å². The van der Waals surface area contributed by atoms with Crippen LogP contribution in [-0.4, -0.2) is 35.1 Å². The van der Waals surface area contributed by atoms with Crippen molar-refractivity contribution in [2.75, 3.05) is 13.1 Å². The van der Waals surface area contributed by atoms with Gasteiger partial charge in [-0.05, 0) is 60.6 Å². The van der Waals surface area contributed by atoms with Gasteiger partial charge >= 0.3 is 5.97 Å². The lowest BCUT2D eigenvalue weighted by Gasteiger charge is -2.45. The number of halogens is 2. The number of nitrogens with zero attached hydrogens (tertiary/aromatic N) is 1. The van der Waals surface area contributed by atoms with E-state index in [0.29, 0.717) is 28.6 Å². The maximum Gasteiger partial charge on any atom is 0.303 e. The van der Waals surface area contributed by atoms with Crippen LogP contribution in [0.5, 0.6) is 5.75 Å². The molecule has 0 amide bonds. The lowest BCUT2D eigenvalue weighted by Crippen LogP contribution is -2.54. The molecule has 2 aliphatic rings. The first-order chi connectivity index (χ1) is 13.5. The van der Waals surface area contributed by atoms with E-state index in [9.17, 15) is 4.79 Å². The maximum absolute atomic E-state index is 10.8. The lowest BCUT2D eigenvalue weighted by atomic mass is 9.84. The van der Waals surface area contributed by atoms with Gasteiger partial charge in [-0.3, -0.25) is 9.69 Å². The molecule has 1 aliphatic carbocycles. The molecule has 1 N–H and O–H groups in total. The summed E-state index contributed by atoms with van der Waals surface area (Å²) in [6, 6.07) is 12.3. The van der Waals surface area contributed by atoms with E-state index in [1.165, 1.54) is 11.1 Å². The second kappa shape index (κ2) is 8.32. The Bertz CT molecular complexity index is 860. The van der Waals surface area contributed by atoms with Gasteiger partial charge in [0.05, 0.1) is 6.42 Å². The van der Waals surface area contributed by atoms with E-state index in [2.05, 4.69) is 17.0 Å². The van der Waals surface area contributed by atoms with E-state index in [1.807, 2.05) is 24.3 Å². The predicted molar refractivity (Wildman–Crippen MR) is 110 cm³/mol. The zero-order valence-corrected chi connectivity index (χ0v) is 17.0. The Hall–Kier alpha value is -1.75. The fourth-order valence-corrected chi connectivity index (χ4v) is 4.73. The Balaban J connectivity index is 1.35. The number of aryl methyl sites for hydroxylation is 1. The van der Waals surface area contributed by atoms with Gasteiger partial charge in [0.2, 0.25) is 0 Å². The third-order valence-electron chi connectivity index (χ3n) is 5.79. The number of likely N-dealkylation sites (tertiary alicyclic amines) is 1. The number of hydrogen-bond acceptors (Lipinski definition) is 3. The van der Waals surface area contributed by atoms with Gasteiger partial charge in [0, 0.05) is 34.7 Å². The van der Waals surface area contributed by atoms with Crippen molar-refractivity contribution in [1.29, 1.82) is 0 Å². The monoisotopic (exact) mass is 419 g/mol. The first kappa shape index (κ1) is 19.6. The summed E-state index contributed by atoms with van der Waals surface area (Å²) in [4.78, 5) is 13.2. The fourth-order valence-electron chi connectivity index (χ4n) is 4.22. The van der Waals surface area contributed by atoms with Crippen LogP contribution >= 0.6 is 23.2 Å². The third-order valence-corrected chi connectivity index (χ3v) is 6.50. The molecule has 1 aliphatic heterocycles. The van der Waals surface area contributed by atoms with Gasteiger partial charge in [-0.25, -0.2) is 0 Å². The summed E-state index contributed by atoms with van der Waals surface area (Å²) in [5.74, 6) is 0.453. The highest BCUT2D eigenvalue weighted by atomic mass is 35.5. The van der Waals surface area contributed by atoms with Crippen LogP contribution in [0.25, 0.3) is 0 Å². The molecule has 6 heteroatoms. The number of hydrogen-bond donors (Lipinski definition) is 1. The Kier molecular flexibility index (Phi) is 5.81. The number of carboxylic acid groups (broad SMARTS) is 1. The number of ether oxygens (including phenoxy) is 1. The van der Waals surface area contributed by atoms with Crippen molar-refractivity contribution in [2.45, 2.75) is 38.3 Å². The number of fused-ring (bicyclic) bond motifs is 1. The van der Waals surface area contributed by atoms with Crippen molar-refractivity contribution in [2.24, 2.45) is 5.92 Å². The molecule has 148 valence electrons. The van der Waals surface area contributed by atoms with Gasteiger partial charge < -0.3 is 9.84 Å². The highest BCUT2D eigenvalue weighted by Crippen LogP contribution is 2.32. The molecular formula is C22H23Cl2NO3. The largest absolute Gasteiger partial charge is 0.489 e. The zero-order chi connectivity index (χ0) is 19.7. The zero-order valence-electron chi connectivity index (χ0n) is 15.5. The topological polar surface area (TPSA) is 49.8 Å². The quantitative estimate of drug-likeness (QED) is 0.727. The van der Waals surface area contributed by atoms with Crippen molar-refractivity contribution < 1.29 is 14.6 Å². The predicted octanol–water partition coefficient (Wildman–Crippen LogP) is 4.84. The molecule has 4 rings (SSSR count). The fraction of sp³-hybridized carbons (Fsp3) is 0.409. The van der Waals surface area contributed by atoms with Crippen molar-refractivity contribution in [3.63, 3.8) is 0 Å². The third kappa shape index (κ3) is 4.29.